The van der Waals surface area contributed by atoms with Gasteiger partial charge < -0.3 is 9.88 Å². The van der Waals surface area contributed by atoms with Crippen molar-refractivity contribution in [2.75, 3.05) is 4.90 Å². The zero-order valence-corrected chi connectivity index (χ0v) is 17.2. The highest BCUT2D eigenvalue weighted by Gasteiger charge is 2.28. The van der Waals surface area contributed by atoms with E-state index in [0.29, 0.717) is 12.1 Å². The summed E-state index contributed by atoms with van der Waals surface area (Å²) in [6.45, 7) is 4.40. The Morgan fingerprint density at radius 3 is 2.59 bits per heavy atom. The first-order valence-corrected chi connectivity index (χ1v) is 10.5. The second-order valence-electron chi connectivity index (χ2n) is 8.19. The Morgan fingerprint density at radius 1 is 1.03 bits per heavy atom. The van der Waals surface area contributed by atoms with Crippen LogP contribution < -0.4 is 10.5 Å². The molecule has 3 aromatic rings. The molecule has 4 heteroatoms. The average molecular weight is 389 g/mol. The van der Waals surface area contributed by atoms with Crippen molar-refractivity contribution in [1.82, 2.24) is 4.98 Å². The molecule has 1 saturated carbocycles. The molecule has 0 atom stereocenters. The summed E-state index contributed by atoms with van der Waals surface area (Å²) in [4.78, 5) is 31.1. The molecule has 0 bridgehead atoms. The molecule has 4 rings (SSSR count). The fourth-order valence-corrected chi connectivity index (χ4v) is 4.36. The number of benzene rings is 2. The Morgan fingerprint density at radius 2 is 1.79 bits per heavy atom. The van der Waals surface area contributed by atoms with Crippen molar-refractivity contribution in [3.05, 3.63) is 75.6 Å². The van der Waals surface area contributed by atoms with Crippen LogP contribution in [0.1, 0.15) is 48.8 Å². The van der Waals surface area contributed by atoms with Gasteiger partial charge in [-0.2, -0.15) is 0 Å². The number of aryl methyl sites for hydroxylation is 1. The zero-order chi connectivity index (χ0) is 20.4. The van der Waals surface area contributed by atoms with Crippen LogP contribution in [-0.4, -0.2) is 10.9 Å². The fourth-order valence-electron chi connectivity index (χ4n) is 4.36. The number of anilines is 1. The maximum Gasteiger partial charge on any atom is 0.253 e. The van der Waals surface area contributed by atoms with Crippen LogP contribution in [0.15, 0.2) is 53.3 Å². The van der Waals surface area contributed by atoms with E-state index in [4.69, 9.17) is 0 Å². The number of carbonyl (C=O) groups is 1. The predicted octanol–water partition coefficient (Wildman–Crippen LogP) is 5.26. The third kappa shape index (κ3) is 3.98. The van der Waals surface area contributed by atoms with Gasteiger partial charge in [-0.25, -0.2) is 0 Å². The van der Waals surface area contributed by atoms with E-state index in [1.807, 2.05) is 47.4 Å². The first kappa shape index (κ1) is 19.4. The van der Waals surface area contributed by atoms with Gasteiger partial charge in [-0.15, -0.1) is 0 Å². The molecule has 2 aromatic carbocycles. The summed E-state index contributed by atoms with van der Waals surface area (Å²) in [5.41, 5.74) is 4.46. The number of nitrogens with zero attached hydrogens (tertiary/aromatic N) is 1. The van der Waals surface area contributed by atoms with E-state index in [0.717, 1.165) is 53.4 Å². The van der Waals surface area contributed by atoms with Gasteiger partial charge in [-0.3, -0.25) is 9.59 Å². The molecule has 1 heterocycles. The van der Waals surface area contributed by atoms with E-state index < -0.39 is 0 Å². The van der Waals surface area contributed by atoms with E-state index >= 15 is 0 Å². The number of aromatic nitrogens is 1. The van der Waals surface area contributed by atoms with E-state index in [9.17, 15) is 9.59 Å². The first-order valence-electron chi connectivity index (χ1n) is 10.5. The van der Waals surface area contributed by atoms with Crippen molar-refractivity contribution in [3.8, 4) is 0 Å². The first-order chi connectivity index (χ1) is 14.0. The zero-order valence-electron chi connectivity index (χ0n) is 17.2. The summed E-state index contributed by atoms with van der Waals surface area (Å²) in [5, 5.41) is 0.980. The highest BCUT2D eigenvalue weighted by molar-refractivity contribution is 5.96. The minimum Gasteiger partial charge on any atom is -0.322 e. The minimum absolute atomic E-state index is 0.0446. The van der Waals surface area contributed by atoms with E-state index in [-0.39, 0.29) is 17.4 Å². The minimum atomic E-state index is -0.129. The van der Waals surface area contributed by atoms with E-state index in [1.165, 1.54) is 6.42 Å². The monoisotopic (exact) mass is 388 g/mol. The molecule has 1 fully saturated rings. The Hall–Kier alpha value is -2.88. The quantitative estimate of drug-likeness (QED) is 0.663. The number of pyridine rings is 1. The van der Waals surface area contributed by atoms with Crippen LogP contribution in [0.3, 0.4) is 0 Å². The summed E-state index contributed by atoms with van der Waals surface area (Å²) < 4.78 is 0. The summed E-state index contributed by atoms with van der Waals surface area (Å²) in [7, 11) is 0. The van der Waals surface area contributed by atoms with Gasteiger partial charge in [-0.05, 0) is 61.4 Å². The van der Waals surface area contributed by atoms with Crippen LogP contribution in [0.2, 0.25) is 0 Å². The lowest BCUT2D eigenvalue weighted by molar-refractivity contribution is -0.123. The van der Waals surface area contributed by atoms with Gasteiger partial charge in [0.05, 0.1) is 6.54 Å². The lowest BCUT2D eigenvalue weighted by atomic mass is 9.88. The number of nitrogens with one attached hydrogen (secondary N) is 1. The summed E-state index contributed by atoms with van der Waals surface area (Å²) >= 11 is 0. The molecule has 29 heavy (non-hydrogen) atoms. The molecule has 150 valence electrons. The summed E-state index contributed by atoms with van der Waals surface area (Å²) in [6, 6.07) is 15.7. The number of hydrogen-bond acceptors (Lipinski definition) is 2. The highest BCUT2D eigenvalue weighted by atomic mass is 16.2. The van der Waals surface area contributed by atoms with Crippen LogP contribution in [0, 0.1) is 19.8 Å². The third-order valence-electron chi connectivity index (χ3n) is 6.25. The molecule has 1 aliphatic rings. The number of aromatic amines is 1. The van der Waals surface area contributed by atoms with Crippen LogP contribution in [0.5, 0.6) is 0 Å². The van der Waals surface area contributed by atoms with Crippen molar-refractivity contribution in [2.24, 2.45) is 5.92 Å². The van der Waals surface area contributed by atoms with Gasteiger partial charge in [-0.1, -0.05) is 49.6 Å². The molecule has 1 amide bonds. The third-order valence-corrected chi connectivity index (χ3v) is 6.25. The maximum absolute atomic E-state index is 13.6. The van der Waals surface area contributed by atoms with Gasteiger partial charge in [0.2, 0.25) is 5.91 Å². The van der Waals surface area contributed by atoms with Crippen LogP contribution in [0.4, 0.5) is 5.69 Å². The number of carbonyl (C=O) groups excluding carboxylic acids is 1. The van der Waals surface area contributed by atoms with Gasteiger partial charge in [0, 0.05) is 22.7 Å². The molecule has 1 N–H and O–H groups in total. The summed E-state index contributed by atoms with van der Waals surface area (Å²) in [5.74, 6) is 0.189. The van der Waals surface area contributed by atoms with Crippen molar-refractivity contribution in [2.45, 2.75) is 52.5 Å². The van der Waals surface area contributed by atoms with Gasteiger partial charge >= 0.3 is 0 Å². The van der Waals surface area contributed by atoms with Crippen molar-refractivity contribution in [1.29, 1.82) is 0 Å². The Labute approximate surface area is 171 Å². The predicted molar refractivity (Wildman–Crippen MR) is 118 cm³/mol. The normalized spacial score (nSPS) is 14.8. The Kier molecular flexibility index (Phi) is 5.52. The lowest BCUT2D eigenvalue weighted by Crippen LogP contribution is -2.38. The second-order valence-corrected chi connectivity index (χ2v) is 8.19. The number of rotatable bonds is 4. The van der Waals surface area contributed by atoms with Crippen LogP contribution in [0.25, 0.3) is 10.9 Å². The maximum atomic E-state index is 13.6. The summed E-state index contributed by atoms with van der Waals surface area (Å²) in [6.07, 6.45) is 5.29. The molecule has 1 aliphatic carbocycles. The second kappa shape index (κ2) is 8.24. The number of H-pyrrole nitrogens is 1. The lowest BCUT2D eigenvalue weighted by Gasteiger charge is -2.31. The Bertz CT molecular complexity index is 1090. The Balaban J connectivity index is 1.76. The number of para-hydroxylation sites is 1. The highest BCUT2D eigenvalue weighted by Crippen LogP contribution is 2.31. The van der Waals surface area contributed by atoms with Gasteiger partial charge in [0.15, 0.2) is 0 Å². The number of hydrogen-bond donors (Lipinski definition) is 1. The molecule has 0 spiro atoms. The van der Waals surface area contributed by atoms with Crippen molar-refractivity contribution < 1.29 is 4.79 Å². The SMILES string of the molecule is Cc1cccc(N(Cc2cc3ccccc3[nH]c2=O)C(=O)C2CCCCC2)c1C. The van der Waals surface area contributed by atoms with Gasteiger partial charge in [0.25, 0.3) is 5.56 Å². The largest absolute Gasteiger partial charge is 0.322 e. The van der Waals surface area contributed by atoms with Crippen molar-refractivity contribution in [3.63, 3.8) is 0 Å². The van der Waals surface area contributed by atoms with E-state index in [1.54, 1.807) is 0 Å². The molecule has 0 radical (unpaired) electrons. The van der Waals surface area contributed by atoms with Crippen LogP contribution in [-0.2, 0) is 11.3 Å². The standard InChI is InChI=1S/C25H28N2O2/c1-17-9-8-14-23(18(17)2)27(25(29)19-10-4-3-5-11-19)16-21-15-20-12-6-7-13-22(20)26-24(21)28/h6-9,12-15,19H,3-5,10-11,16H2,1-2H3,(H,26,28). The topological polar surface area (TPSA) is 53.2 Å². The van der Waals surface area contributed by atoms with Crippen molar-refractivity contribution >= 4 is 22.5 Å². The number of amides is 1. The average Bonchev–Trinajstić information content (AvgIpc) is 2.74. The fraction of sp³-hybridized carbons (Fsp3) is 0.360. The molecule has 0 unspecified atom stereocenters. The molecule has 4 nitrogen and oxygen atoms in total. The molecule has 0 aliphatic heterocycles. The van der Waals surface area contributed by atoms with Crippen LogP contribution >= 0.6 is 0 Å². The molecular formula is C25H28N2O2. The smallest absolute Gasteiger partial charge is 0.253 e. The molecule has 0 saturated heterocycles. The molecular weight excluding hydrogens is 360 g/mol. The molecule has 1 aromatic heterocycles. The van der Waals surface area contributed by atoms with E-state index in [2.05, 4.69) is 24.9 Å². The van der Waals surface area contributed by atoms with Gasteiger partial charge in [0.1, 0.15) is 0 Å². The number of fused-ring (bicyclic) bond motifs is 1.